The molecule has 0 bridgehead atoms. The molecule has 0 radical (unpaired) electrons. The second-order valence-electron chi connectivity index (χ2n) is 5.81. The van der Waals surface area contributed by atoms with Gasteiger partial charge in [0.15, 0.2) is 0 Å². The van der Waals surface area contributed by atoms with E-state index in [1.807, 2.05) is 60.7 Å². The fraction of sp³-hybridized carbons (Fsp3) is 0.211. The minimum atomic E-state index is -0.724. The highest BCUT2D eigenvalue weighted by Gasteiger charge is 2.52. The summed E-state index contributed by atoms with van der Waals surface area (Å²) < 4.78 is 0. The summed E-state index contributed by atoms with van der Waals surface area (Å²) in [6.45, 7) is 2.42. The molecule has 2 aromatic carbocycles. The van der Waals surface area contributed by atoms with Gasteiger partial charge in [0.25, 0.3) is 0 Å². The maximum Gasteiger partial charge on any atom is 0.387 e. The molecule has 1 aliphatic rings. The van der Waals surface area contributed by atoms with Gasteiger partial charge in [0, 0.05) is 13.8 Å². The van der Waals surface area contributed by atoms with Crippen molar-refractivity contribution in [3.8, 4) is 0 Å². The fourth-order valence-corrected chi connectivity index (χ4v) is 3.00. The number of carbonyl (C=O) groups excluding carboxylic acids is 3. The molecule has 7 heteroatoms. The Kier molecular flexibility index (Phi) is 4.88. The van der Waals surface area contributed by atoms with E-state index in [1.54, 1.807) is 0 Å². The first-order valence-electron chi connectivity index (χ1n) is 8.08. The van der Waals surface area contributed by atoms with Crippen molar-refractivity contribution in [1.82, 2.24) is 10.1 Å². The van der Waals surface area contributed by atoms with Crippen molar-refractivity contribution in [3.05, 3.63) is 71.8 Å². The molecule has 1 aliphatic heterocycles. The molecule has 1 saturated heterocycles. The second-order valence-corrected chi connectivity index (χ2v) is 5.81. The van der Waals surface area contributed by atoms with Crippen LogP contribution in [0.2, 0.25) is 0 Å². The zero-order chi connectivity index (χ0) is 18.7. The van der Waals surface area contributed by atoms with Crippen LogP contribution in [0, 0.1) is 0 Å². The summed E-state index contributed by atoms with van der Waals surface area (Å²) in [7, 11) is 0. The van der Waals surface area contributed by atoms with Crippen LogP contribution in [-0.2, 0) is 19.3 Å². The van der Waals surface area contributed by atoms with Gasteiger partial charge in [-0.15, -0.1) is 10.1 Å². The Morgan fingerprint density at radius 3 is 1.38 bits per heavy atom. The number of hydrogen-bond donors (Lipinski definition) is 0. The van der Waals surface area contributed by atoms with Gasteiger partial charge in [-0.3, -0.25) is 9.59 Å². The molecule has 0 aromatic heterocycles. The average molecular weight is 354 g/mol. The van der Waals surface area contributed by atoms with E-state index in [2.05, 4.69) is 0 Å². The number of hydrogen-bond acceptors (Lipinski definition) is 5. The first-order chi connectivity index (χ1) is 12.5. The van der Waals surface area contributed by atoms with Gasteiger partial charge in [0.1, 0.15) is 12.1 Å². The van der Waals surface area contributed by atoms with Crippen LogP contribution >= 0.6 is 0 Å². The Balaban J connectivity index is 2.13. The number of rotatable bonds is 4. The quantitative estimate of drug-likeness (QED) is 0.843. The normalized spacial score (nSPS) is 19.4. The molecule has 2 amide bonds. The third-order valence-corrected chi connectivity index (χ3v) is 3.92. The number of benzene rings is 2. The van der Waals surface area contributed by atoms with Crippen LogP contribution < -0.4 is 0 Å². The Labute approximate surface area is 150 Å². The Bertz CT molecular complexity index is 742. The summed E-state index contributed by atoms with van der Waals surface area (Å²) in [4.78, 5) is 46.3. The van der Waals surface area contributed by atoms with E-state index in [0.29, 0.717) is 0 Å². The van der Waals surface area contributed by atoms with Crippen molar-refractivity contribution in [2.45, 2.75) is 25.9 Å². The standard InChI is InChI=1S/C19H18N2O5/c1-13(22)25-20-17(15-9-5-3-6-10-15)18(16-11-7-4-8-12-16)21(19(20)24)26-14(2)23/h3-12,17-18H,1-2H3/t17-,18-/m0/s1. The number of hydroxylamine groups is 4. The van der Waals surface area contributed by atoms with E-state index >= 15 is 0 Å². The zero-order valence-electron chi connectivity index (χ0n) is 14.4. The monoisotopic (exact) mass is 354 g/mol. The number of carbonyl (C=O) groups is 3. The maximum atomic E-state index is 12.8. The third-order valence-electron chi connectivity index (χ3n) is 3.92. The minimum Gasteiger partial charge on any atom is -0.336 e. The summed E-state index contributed by atoms with van der Waals surface area (Å²) in [6, 6.07) is 16.2. The van der Waals surface area contributed by atoms with E-state index in [9.17, 15) is 14.4 Å². The van der Waals surface area contributed by atoms with Crippen LogP contribution in [0.5, 0.6) is 0 Å². The molecule has 2 atom stereocenters. The van der Waals surface area contributed by atoms with E-state index < -0.39 is 30.1 Å². The van der Waals surface area contributed by atoms with Gasteiger partial charge < -0.3 is 9.68 Å². The minimum absolute atomic E-state index is 0.643. The van der Waals surface area contributed by atoms with Gasteiger partial charge in [-0.25, -0.2) is 4.79 Å². The molecule has 0 spiro atoms. The van der Waals surface area contributed by atoms with Crippen LogP contribution in [0.3, 0.4) is 0 Å². The SMILES string of the molecule is CC(=O)ON1C(=O)N(OC(C)=O)[C@@H](c2ccccc2)[C@@H]1c1ccccc1. The van der Waals surface area contributed by atoms with Crippen molar-refractivity contribution in [2.24, 2.45) is 0 Å². The van der Waals surface area contributed by atoms with Crippen LogP contribution in [0.4, 0.5) is 4.79 Å². The van der Waals surface area contributed by atoms with Gasteiger partial charge >= 0.3 is 18.0 Å². The number of nitrogens with zero attached hydrogens (tertiary/aromatic N) is 2. The predicted octanol–water partition coefficient (Wildman–Crippen LogP) is 3.16. The van der Waals surface area contributed by atoms with E-state index in [-0.39, 0.29) is 0 Å². The average Bonchev–Trinajstić information content (AvgIpc) is 2.88. The maximum absolute atomic E-state index is 12.8. The first-order valence-corrected chi connectivity index (χ1v) is 8.08. The summed E-state index contributed by atoms with van der Waals surface area (Å²) in [5.41, 5.74) is 1.48. The molecule has 0 unspecified atom stereocenters. The van der Waals surface area contributed by atoms with Crippen molar-refractivity contribution >= 4 is 18.0 Å². The molecule has 3 rings (SSSR count). The summed E-state index contributed by atoms with van der Waals surface area (Å²) in [5.74, 6) is -1.29. The Morgan fingerprint density at radius 2 is 1.08 bits per heavy atom. The van der Waals surface area contributed by atoms with E-state index in [0.717, 1.165) is 21.3 Å². The lowest BCUT2D eigenvalue weighted by atomic mass is 9.94. The van der Waals surface area contributed by atoms with Crippen LogP contribution in [0.1, 0.15) is 37.1 Å². The highest BCUT2D eigenvalue weighted by molar-refractivity contribution is 5.80. The van der Waals surface area contributed by atoms with Gasteiger partial charge in [-0.1, -0.05) is 60.7 Å². The van der Waals surface area contributed by atoms with Crippen LogP contribution in [0.25, 0.3) is 0 Å². The third kappa shape index (κ3) is 3.37. The summed E-state index contributed by atoms with van der Waals surface area (Å²) >= 11 is 0. The molecular formula is C19H18N2O5. The molecule has 134 valence electrons. The highest BCUT2D eigenvalue weighted by Crippen LogP contribution is 2.45. The first kappa shape index (κ1) is 17.5. The molecule has 0 saturated carbocycles. The molecular weight excluding hydrogens is 336 g/mol. The lowest BCUT2D eigenvalue weighted by molar-refractivity contribution is -0.182. The van der Waals surface area contributed by atoms with Crippen molar-refractivity contribution in [1.29, 1.82) is 0 Å². The Hall–Kier alpha value is -3.35. The number of amides is 2. The van der Waals surface area contributed by atoms with Crippen molar-refractivity contribution < 1.29 is 24.1 Å². The second kappa shape index (κ2) is 7.26. The van der Waals surface area contributed by atoms with Crippen molar-refractivity contribution in [3.63, 3.8) is 0 Å². The van der Waals surface area contributed by atoms with Gasteiger partial charge in [-0.2, -0.15) is 0 Å². The topological polar surface area (TPSA) is 76.2 Å². The molecule has 1 fully saturated rings. The van der Waals surface area contributed by atoms with E-state index in [4.69, 9.17) is 9.68 Å². The van der Waals surface area contributed by atoms with Crippen molar-refractivity contribution in [2.75, 3.05) is 0 Å². The summed E-state index contributed by atoms with van der Waals surface area (Å²) in [5, 5.41) is 1.91. The molecule has 7 nitrogen and oxygen atoms in total. The van der Waals surface area contributed by atoms with Gasteiger partial charge in [0.2, 0.25) is 0 Å². The molecule has 1 heterocycles. The fourth-order valence-electron chi connectivity index (χ4n) is 3.00. The van der Waals surface area contributed by atoms with Gasteiger partial charge in [0.05, 0.1) is 0 Å². The smallest absolute Gasteiger partial charge is 0.336 e. The van der Waals surface area contributed by atoms with Crippen LogP contribution in [0.15, 0.2) is 60.7 Å². The molecule has 0 N–H and O–H groups in total. The molecule has 0 aliphatic carbocycles. The Morgan fingerprint density at radius 1 is 0.731 bits per heavy atom. The predicted molar refractivity (Wildman–Crippen MR) is 91.0 cm³/mol. The highest BCUT2D eigenvalue weighted by atomic mass is 16.8. The van der Waals surface area contributed by atoms with E-state index in [1.165, 1.54) is 13.8 Å². The molecule has 2 aromatic rings. The zero-order valence-corrected chi connectivity index (χ0v) is 14.4. The van der Waals surface area contributed by atoms with Crippen LogP contribution in [-0.4, -0.2) is 28.1 Å². The molecule has 26 heavy (non-hydrogen) atoms. The largest absolute Gasteiger partial charge is 0.387 e. The number of urea groups is 1. The lowest BCUT2D eigenvalue weighted by Gasteiger charge is -2.26. The lowest BCUT2D eigenvalue weighted by Crippen LogP contribution is -2.35. The summed E-state index contributed by atoms with van der Waals surface area (Å²) in [6.07, 6.45) is 0. The van der Waals surface area contributed by atoms with Gasteiger partial charge in [-0.05, 0) is 11.1 Å².